The number of hydrogen-bond acceptors (Lipinski definition) is 4. The number of amides is 1. The third-order valence-electron chi connectivity index (χ3n) is 3.38. The molecule has 2 rings (SSSR count). The molecular formula is C17H19F3N4O. The molecule has 0 saturated heterocycles. The van der Waals surface area contributed by atoms with E-state index in [-0.39, 0.29) is 11.4 Å². The van der Waals surface area contributed by atoms with Crippen LogP contribution in [0, 0.1) is 5.92 Å². The second-order valence-electron chi connectivity index (χ2n) is 5.93. The summed E-state index contributed by atoms with van der Waals surface area (Å²) in [6, 6.07) is 4.19. The third kappa shape index (κ3) is 5.74. The lowest BCUT2D eigenvalue weighted by molar-refractivity contribution is -0.137. The van der Waals surface area contributed by atoms with Crippen LogP contribution in [-0.2, 0) is 6.18 Å². The number of alkyl halides is 3. The molecule has 0 unspecified atom stereocenters. The minimum Gasteiger partial charge on any atom is -0.369 e. The highest BCUT2D eigenvalue weighted by Crippen LogP contribution is 2.29. The van der Waals surface area contributed by atoms with Gasteiger partial charge in [0.25, 0.3) is 5.91 Å². The van der Waals surface area contributed by atoms with Gasteiger partial charge in [0, 0.05) is 12.2 Å². The molecule has 0 saturated carbocycles. The van der Waals surface area contributed by atoms with Gasteiger partial charge < -0.3 is 10.6 Å². The Hall–Kier alpha value is -2.64. The largest absolute Gasteiger partial charge is 0.416 e. The fourth-order valence-corrected chi connectivity index (χ4v) is 1.96. The topological polar surface area (TPSA) is 66.9 Å². The molecule has 1 amide bonds. The summed E-state index contributed by atoms with van der Waals surface area (Å²) in [6.07, 6.45) is -0.663. The van der Waals surface area contributed by atoms with Crippen LogP contribution in [0.3, 0.4) is 0 Å². The zero-order valence-corrected chi connectivity index (χ0v) is 13.9. The van der Waals surface area contributed by atoms with Crippen molar-refractivity contribution < 1.29 is 18.0 Å². The van der Waals surface area contributed by atoms with Crippen molar-refractivity contribution in [2.24, 2.45) is 5.92 Å². The molecule has 134 valence electrons. The first-order chi connectivity index (χ1) is 11.8. The SMILES string of the molecule is CC(C)CCNc1cnc(C(=O)Nc2ccc(C(F)(F)F)cc2)cn1. The van der Waals surface area contributed by atoms with E-state index in [1.54, 1.807) is 0 Å². The van der Waals surface area contributed by atoms with E-state index in [4.69, 9.17) is 0 Å². The van der Waals surface area contributed by atoms with E-state index >= 15 is 0 Å². The Morgan fingerprint density at radius 2 is 1.80 bits per heavy atom. The normalized spacial score (nSPS) is 11.4. The molecule has 0 aliphatic rings. The summed E-state index contributed by atoms with van der Waals surface area (Å²) in [7, 11) is 0. The van der Waals surface area contributed by atoms with Crippen molar-refractivity contribution in [3.05, 3.63) is 47.9 Å². The number of hydrogen-bond donors (Lipinski definition) is 2. The van der Waals surface area contributed by atoms with Gasteiger partial charge in [-0.05, 0) is 36.6 Å². The molecule has 1 heterocycles. The first-order valence-electron chi connectivity index (χ1n) is 7.80. The smallest absolute Gasteiger partial charge is 0.369 e. The predicted octanol–water partition coefficient (Wildman–Crippen LogP) is 4.21. The molecule has 5 nitrogen and oxygen atoms in total. The van der Waals surface area contributed by atoms with E-state index in [0.717, 1.165) is 25.1 Å². The molecule has 2 aromatic rings. The molecule has 0 bridgehead atoms. The summed E-state index contributed by atoms with van der Waals surface area (Å²) in [5, 5.41) is 5.59. The highest BCUT2D eigenvalue weighted by atomic mass is 19.4. The van der Waals surface area contributed by atoms with E-state index in [1.165, 1.54) is 24.5 Å². The highest BCUT2D eigenvalue weighted by Gasteiger charge is 2.30. The number of rotatable bonds is 6. The molecular weight excluding hydrogens is 333 g/mol. The van der Waals surface area contributed by atoms with Crippen LogP contribution in [0.5, 0.6) is 0 Å². The number of benzene rings is 1. The van der Waals surface area contributed by atoms with Gasteiger partial charge in [-0.15, -0.1) is 0 Å². The number of nitrogens with one attached hydrogen (secondary N) is 2. The molecule has 0 atom stereocenters. The second kappa shape index (κ2) is 7.96. The van der Waals surface area contributed by atoms with Crippen molar-refractivity contribution in [3.8, 4) is 0 Å². The van der Waals surface area contributed by atoms with Gasteiger partial charge in [-0.25, -0.2) is 9.97 Å². The molecule has 0 radical (unpaired) electrons. The van der Waals surface area contributed by atoms with E-state index in [0.29, 0.717) is 11.7 Å². The van der Waals surface area contributed by atoms with Gasteiger partial charge in [0.1, 0.15) is 11.5 Å². The summed E-state index contributed by atoms with van der Waals surface area (Å²) in [5.74, 6) is 0.585. The molecule has 0 fully saturated rings. The van der Waals surface area contributed by atoms with Crippen molar-refractivity contribution in [1.82, 2.24) is 9.97 Å². The Bertz CT molecular complexity index is 697. The lowest BCUT2D eigenvalue weighted by Crippen LogP contribution is -2.15. The average Bonchev–Trinajstić information content (AvgIpc) is 2.55. The van der Waals surface area contributed by atoms with E-state index in [1.807, 2.05) is 0 Å². The van der Waals surface area contributed by atoms with Gasteiger partial charge in [-0.3, -0.25) is 4.79 Å². The summed E-state index contributed by atoms with van der Waals surface area (Å²) in [4.78, 5) is 20.2. The first-order valence-corrected chi connectivity index (χ1v) is 7.80. The zero-order valence-electron chi connectivity index (χ0n) is 13.9. The summed E-state index contributed by atoms with van der Waals surface area (Å²) in [5.41, 5.74) is -0.449. The van der Waals surface area contributed by atoms with Crippen molar-refractivity contribution in [3.63, 3.8) is 0 Å². The van der Waals surface area contributed by atoms with Crippen LogP contribution in [0.1, 0.15) is 36.3 Å². The lowest BCUT2D eigenvalue weighted by Gasteiger charge is -2.09. The fourth-order valence-electron chi connectivity index (χ4n) is 1.96. The minimum atomic E-state index is -4.41. The standard InChI is InChI=1S/C17H19F3N4O/c1-11(2)7-8-21-15-10-22-14(9-23-15)16(25)24-13-5-3-12(4-6-13)17(18,19)20/h3-6,9-11H,7-8H2,1-2H3,(H,21,23)(H,24,25). The quantitative estimate of drug-likeness (QED) is 0.817. The van der Waals surface area contributed by atoms with Crippen LogP contribution in [0.15, 0.2) is 36.7 Å². The highest BCUT2D eigenvalue weighted by molar-refractivity contribution is 6.02. The zero-order chi connectivity index (χ0) is 18.4. The minimum absolute atomic E-state index is 0.0781. The maximum absolute atomic E-state index is 12.5. The number of carbonyl (C=O) groups excluding carboxylic acids is 1. The molecule has 0 aliphatic carbocycles. The number of carbonyl (C=O) groups is 1. The van der Waals surface area contributed by atoms with Gasteiger partial charge in [-0.1, -0.05) is 13.8 Å². The van der Waals surface area contributed by atoms with Gasteiger partial charge in [0.2, 0.25) is 0 Å². The van der Waals surface area contributed by atoms with Crippen molar-refractivity contribution in [1.29, 1.82) is 0 Å². The van der Waals surface area contributed by atoms with E-state index < -0.39 is 17.6 Å². The Morgan fingerprint density at radius 1 is 1.12 bits per heavy atom. The number of nitrogens with zero attached hydrogens (tertiary/aromatic N) is 2. The molecule has 1 aromatic carbocycles. The van der Waals surface area contributed by atoms with Crippen molar-refractivity contribution >= 4 is 17.4 Å². The molecule has 2 N–H and O–H groups in total. The maximum atomic E-state index is 12.5. The molecule has 25 heavy (non-hydrogen) atoms. The Kier molecular flexibility index (Phi) is 5.95. The van der Waals surface area contributed by atoms with E-state index in [2.05, 4.69) is 34.4 Å². The summed E-state index contributed by atoms with van der Waals surface area (Å²) >= 11 is 0. The van der Waals surface area contributed by atoms with Crippen LogP contribution in [0.25, 0.3) is 0 Å². The van der Waals surface area contributed by atoms with E-state index in [9.17, 15) is 18.0 Å². The van der Waals surface area contributed by atoms with Crippen LogP contribution in [0.4, 0.5) is 24.7 Å². The van der Waals surface area contributed by atoms with Crippen LogP contribution >= 0.6 is 0 Å². The van der Waals surface area contributed by atoms with Gasteiger partial charge in [0.15, 0.2) is 0 Å². The molecule has 8 heteroatoms. The van der Waals surface area contributed by atoms with Crippen molar-refractivity contribution in [2.75, 3.05) is 17.2 Å². The second-order valence-corrected chi connectivity index (χ2v) is 5.93. The summed E-state index contributed by atoms with van der Waals surface area (Å²) in [6.45, 7) is 4.98. The van der Waals surface area contributed by atoms with Gasteiger partial charge in [0.05, 0.1) is 18.0 Å². The lowest BCUT2D eigenvalue weighted by atomic mass is 10.1. The van der Waals surface area contributed by atoms with Gasteiger partial charge in [-0.2, -0.15) is 13.2 Å². The Labute approximate surface area is 143 Å². The first kappa shape index (κ1) is 18.7. The Balaban J connectivity index is 1.94. The van der Waals surface area contributed by atoms with Crippen molar-refractivity contribution in [2.45, 2.75) is 26.4 Å². The Morgan fingerprint density at radius 3 is 2.32 bits per heavy atom. The number of anilines is 2. The van der Waals surface area contributed by atoms with Gasteiger partial charge >= 0.3 is 6.18 Å². The monoisotopic (exact) mass is 352 g/mol. The predicted molar refractivity (Wildman–Crippen MR) is 89.4 cm³/mol. The number of aromatic nitrogens is 2. The maximum Gasteiger partial charge on any atom is 0.416 e. The fraction of sp³-hybridized carbons (Fsp3) is 0.353. The summed E-state index contributed by atoms with van der Waals surface area (Å²) < 4.78 is 37.5. The molecule has 0 spiro atoms. The molecule has 1 aromatic heterocycles. The molecule has 0 aliphatic heterocycles. The van der Waals surface area contributed by atoms with Crippen LogP contribution in [0.2, 0.25) is 0 Å². The average molecular weight is 352 g/mol. The third-order valence-corrected chi connectivity index (χ3v) is 3.38. The van der Waals surface area contributed by atoms with Crippen LogP contribution < -0.4 is 10.6 Å². The van der Waals surface area contributed by atoms with Crippen LogP contribution in [-0.4, -0.2) is 22.4 Å². The number of halogens is 3.